The van der Waals surface area contributed by atoms with Crippen LogP contribution in [0.5, 0.6) is 0 Å². The Morgan fingerprint density at radius 3 is 2.79 bits per heavy atom. The first-order valence-electron chi connectivity index (χ1n) is 10.00. The number of nitrogens with zero attached hydrogens (tertiary/aromatic N) is 3. The van der Waals surface area contributed by atoms with Gasteiger partial charge in [0.1, 0.15) is 5.69 Å². The van der Waals surface area contributed by atoms with Crippen LogP contribution in [0.1, 0.15) is 64.9 Å². The summed E-state index contributed by atoms with van der Waals surface area (Å²) < 4.78 is 1.95. The van der Waals surface area contributed by atoms with E-state index in [9.17, 15) is 4.79 Å². The van der Waals surface area contributed by atoms with E-state index in [4.69, 9.17) is 0 Å². The van der Waals surface area contributed by atoms with Crippen molar-refractivity contribution in [3.8, 4) is 11.3 Å². The largest absolute Gasteiger partial charge is 0.344 e. The molecule has 28 heavy (non-hydrogen) atoms. The van der Waals surface area contributed by atoms with Gasteiger partial charge in [-0.1, -0.05) is 18.2 Å². The summed E-state index contributed by atoms with van der Waals surface area (Å²) in [5.74, 6) is -0.148. The Balaban J connectivity index is 1.51. The van der Waals surface area contributed by atoms with E-state index in [0.717, 1.165) is 41.2 Å². The van der Waals surface area contributed by atoms with Gasteiger partial charge in [0.25, 0.3) is 5.91 Å². The molecule has 2 aromatic heterocycles. The first kappa shape index (κ1) is 18.5. The van der Waals surface area contributed by atoms with Crippen molar-refractivity contribution in [3.05, 3.63) is 58.0 Å². The van der Waals surface area contributed by atoms with E-state index in [-0.39, 0.29) is 11.9 Å². The van der Waals surface area contributed by atoms with Gasteiger partial charge in [-0.2, -0.15) is 10.2 Å². The number of carbonyl (C=O) groups excluding carboxylic acids is 1. The molecule has 1 amide bonds. The van der Waals surface area contributed by atoms with Crippen molar-refractivity contribution in [2.45, 2.75) is 59.5 Å². The molecule has 146 valence electrons. The van der Waals surface area contributed by atoms with Crippen LogP contribution in [-0.4, -0.2) is 25.9 Å². The van der Waals surface area contributed by atoms with E-state index in [1.807, 2.05) is 31.5 Å². The van der Waals surface area contributed by atoms with Crippen LogP contribution in [-0.2, 0) is 19.4 Å². The van der Waals surface area contributed by atoms with Crippen LogP contribution in [0.15, 0.2) is 24.3 Å². The van der Waals surface area contributed by atoms with Gasteiger partial charge in [0.2, 0.25) is 0 Å². The molecule has 0 saturated heterocycles. The lowest BCUT2D eigenvalue weighted by Gasteiger charge is -2.15. The molecule has 1 unspecified atom stereocenters. The fraction of sp³-hybridized carbons (Fsp3) is 0.409. The van der Waals surface area contributed by atoms with Crippen molar-refractivity contribution in [1.82, 2.24) is 25.3 Å². The van der Waals surface area contributed by atoms with Crippen molar-refractivity contribution < 1.29 is 4.79 Å². The predicted molar refractivity (Wildman–Crippen MR) is 109 cm³/mol. The maximum Gasteiger partial charge on any atom is 0.269 e. The number of hydrogen-bond donors (Lipinski definition) is 2. The predicted octanol–water partition coefficient (Wildman–Crippen LogP) is 3.89. The van der Waals surface area contributed by atoms with Crippen LogP contribution >= 0.6 is 0 Å². The smallest absolute Gasteiger partial charge is 0.269 e. The minimum atomic E-state index is -0.148. The molecule has 0 aliphatic heterocycles. The zero-order chi connectivity index (χ0) is 19.8. The van der Waals surface area contributed by atoms with Crippen LogP contribution in [0.25, 0.3) is 11.3 Å². The molecular weight excluding hydrogens is 350 g/mol. The molecule has 1 aromatic carbocycles. The number of nitrogens with one attached hydrogen (secondary N) is 2. The highest BCUT2D eigenvalue weighted by atomic mass is 16.2. The number of benzene rings is 1. The van der Waals surface area contributed by atoms with Gasteiger partial charge >= 0.3 is 0 Å². The van der Waals surface area contributed by atoms with Crippen LogP contribution < -0.4 is 5.32 Å². The molecular formula is C22H27N5O. The van der Waals surface area contributed by atoms with E-state index in [2.05, 4.69) is 45.7 Å². The number of amides is 1. The van der Waals surface area contributed by atoms with E-state index < -0.39 is 0 Å². The molecule has 0 spiro atoms. The second-order valence-electron chi connectivity index (χ2n) is 7.61. The Labute approximate surface area is 165 Å². The van der Waals surface area contributed by atoms with Gasteiger partial charge in [0.15, 0.2) is 0 Å². The van der Waals surface area contributed by atoms with Crippen molar-refractivity contribution >= 4 is 5.91 Å². The minimum absolute atomic E-state index is 0.0588. The number of fused-ring (bicyclic) bond motifs is 1. The highest BCUT2D eigenvalue weighted by molar-refractivity contribution is 5.93. The third-order valence-electron chi connectivity index (χ3n) is 5.73. The van der Waals surface area contributed by atoms with E-state index in [1.54, 1.807) is 0 Å². The standard InChI is InChI=1S/C22H27N5O/c1-5-27-15(4)21(14(3)26-27)19-12-20(25-24-19)22(28)23-13(2)17-10-9-16-7-6-8-18(16)11-17/h9-13H,5-8H2,1-4H3,(H,23,28)(H,24,25). The Bertz CT molecular complexity index is 1030. The van der Waals surface area contributed by atoms with Gasteiger partial charge in [-0.3, -0.25) is 14.6 Å². The van der Waals surface area contributed by atoms with Gasteiger partial charge < -0.3 is 5.32 Å². The van der Waals surface area contributed by atoms with Crippen molar-refractivity contribution in [3.63, 3.8) is 0 Å². The maximum atomic E-state index is 12.7. The van der Waals surface area contributed by atoms with Gasteiger partial charge in [0, 0.05) is 17.8 Å². The third-order valence-corrected chi connectivity index (χ3v) is 5.73. The molecule has 6 nitrogen and oxygen atoms in total. The number of rotatable bonds is 5. The van der Waals surface area contributed by atoms with E-state index >= 15 is 0 Å². The van der Waals surface area contributed by atoms with Crippen LogP contribution in [0, 0.1) is 13.8 Å². The summed E-state index contributed by atoms with van der Waals surface area (Å²) in [6, 6.07) is 8.31. The highest BCUT2D eigenvalue weighted by Crippen LogP contribution is 2.27. The van der Waals surface area contributed by atoms with Crippen LogP contribution in [0.3, 0.4) is 0 Å². The van der Waals surface area contributed by atoms with Gasteiger partial charge in [-0.05, 0) is 69.7 Å². The zero-order valence-corrected chi connectivity index (χ0v) is 17.0. The molecule has 1 atom stereocenters. The number of aryl methyl sites for hydroxylation is 4. The highest BCUT2D eigenvalue weighted by Gasteiger charge is 2.20. The zero-order valence-electron chi connectivity index (χ0n) is 17.0. The molecule has 4 rings (SSSR count). The lowest BCUT2D eigenvalue weighted by atomic mass is 10.0. The van der Waals surface area contributed by atoms with Crippen LogP contribution in [0.4, 0.5) is 0 Å². The molecule has 0 radical (unpaired) electrons. The lowest BCUT2D eigenvalue weighted by Crippen LogP contribution is -2.27. The normalized spacial score (nSPS) is 14.1. The van der Waals surface area contributed by atoms with Crippen molar-refractivity contribution in [1.29, 1.82) is 0 Å². The molecule has 1 aliphatic carbocycles. The number of carbonyl (C=O) groups is 1. The summed E-state index contributed by atoms with van der Waals surface area (Å²) in [5, 5.41) is 14.9. The summed E-state index contributed by atoms with van der Waals surface area (Å²) in [6.45, 7) is 8.89. The molecule has 3 aromatic rings. The Morgan fingerprint density at radius 2 is 2.04 bits per heavy atom. The van der Waals surface area contributed by atoms with E-state index in [0.29, 0.717) is 5.69 Å². The van der Waals surface area contributed by atoms with Crippen LogP contribution in [0.2, 0.25) is 0 Å². The monoisotopic (exact) mass is 377 g/mol. The fourth-order valence-corrected chi connectivity index (χ4v) is 4.16. The molecule has 1 aliphatic rings. The summed E-state index contributed by atoms with van der Waals surface area (Å²) in [5.41, 5.74) is 8.19. The molecule has 0 saturated carbocycles. The van der Waals surface area contributed by atoms with E-state index in [1.165, 1.54) is 24.0 Å². The van der Waals surface area contributed by atoms with Gasteiger partial charge in [-0.25, -0.2) is 0 Å². The summed E-state index contributed by atoms with van der Waals surface area (Å²) in [6.07, 6.45) is 3.53. The summed E-state index contributed by atoms with van der Waals surface area (Å²) in [4.78, 5) is 12.7. The third kappa shape index (κ3) is 3.23. The van der Waals surface area contributed by atoms with Crippen molar-refractivity contribution in [2.24, 2.45) is 0 Å². The Hall–Kier alpha value is -2.89. The topological polar surface area (TPSA) is 75.6 Å². The average Bonchev–Trinajstić information content (AvgIpc) is 3.39. The molecule has 2 N–H and O–H groups in total. The average molecular weight is 377 g/mol. The summed E-state index contributed by atoms with van der Waals surface area (Å²) in [7, 11) is 0. The first-order valence-corrected chi connectivity index (χ1v) is 10.00. The number of aromatic nitrogens is 4. The van der Waals surface area contributed by atoms with Gasteiger partial charge in [-0.15, -0.1) is 0 Å². The lowest BCUT2D eigenvalue weighted by molar-refractivity contribution is 0.0935. The second kappa shape index (κ2) is 7.26. The first-order chi connectivity index (χ1) is 13.5. The number of aromatic amines is 1. The Morgan fingerprint density at radius 1 is 1.25 bits per heavy atom. The molecule has 2 heterocycles. The SMILES string of the molecule is CCn1nc(C)c(-c2cc(C(=O)NC(C)c3ccc4c(c3)CCC4)[nH]n2)c1C. The molecule has 6 heteroatoms. The fourth-order valence-electron chi connectivity index (χ4n) is 4.16. The number of H-pyrrole nitrogens is 1. The maximum absolute atomic E-state index is 12.7. The minimum Gasteiger partial charge on any atom is -0.344 e. The van der Waals surface area contributed by atoms with Gasteiger partial charge in [0.05, 0.1) is 17.4 Å². The van der Waals surface area contributed by atoms with Crippen molar-refractivity contribution in [2.75, 3.05) is 0 Å². The molecule has 0 fully saturated rings. The molecule has 0 bridgehead atoms. The number of hydrogen-bond acceptors (Lipinski definition) is 3. The Kier molecular flexibility index (Phi) is 4.79. The second-order valence-corrected chi connectivity index (χ2v) is 7.61. The summed E-state index contributed by atoms with van der Waals surface area (Å²) >= 11 is 0. The quantitative estimate of drug-likeness (QED) is 0.708.